The molecule has 2 aromatic carbocycles. The van der Waals surface area contributed by atoms with Crippen molar-refractivity contribution in [2.24, 2.45) is 10.2 Å². The number of hydrogen-bond donors (Lipinski definition) is 1. The number of nitrogens with one attached hydrogen (secondary N) is 1. The Morgan fingerprint density at radius 1 is 1.19 bits per heavy atom. The summed E-state index contributed by atoms with van der Waals surface area (Å²) in [6.45, 7) is 0. The van der Waals surface area contributed by atoms with Gasteiger partial charge >= 0.3 is 0 Å². The Morgan fingerprint density at radius 3 is 2.59 bits per heavy atom. The maximum Gasteiger partial charge on any atom is 0.239 e. The van der Waals surface area contributed by atoms with Crippen molar-refractivity contribution in [3.8, 4) is 0 Å². The summed E-state index contributed by atoms with van der Waals surface area (Å²) in [4.78, 5) is 14.2. The number of thioether (sulfide) groups is 1. The average Bonchev–Trinajstić information content (AvgIpc) is 2.97. The molecule has 0 bridgehead atoms. The minimum absolute atomic E-state index is 0.102. The minimum Gasteiger partial charge on any atom is -0.378 e. The second-order valence-corrected chi connectivity index (χ2v) is 8.21. The van der Waals surface area contributed by atoms with Crippen LogP contribution in [-0.4, -0.2) is 36.6 Å². The molecule has 1 aliphatic rings. The maximum absolute atomic E-state index is 12.2. The predicted molar refractivity (Wildman–Crippen MR) is 115 cm³/mol. The van der Waals surface area contributed by atoms with E-state index in [9.17, 15) is 4.79 Å². The monoisotopic (exact) mass is 420 g/mol. The summed E-state index contributed by atoms with van der Waals surface area (Å²) in [5, 5.41) is 12.2. The van der Waals surface area contributed by atoms with Gasteiger partial charge in [0.05, 0.1) is 11.5 Å². The van der Waals surface area contributed by atoms with Crippen molar-refractivity contribution >= 4 is 57.9 Å². The van der Waals surface area contributed by atoms with Gasteiger partial charge in [-0.05, 0) is 41.8 Å². The molecule has 0 aromatic heterocycles. The summed E-state index contributed by atoms with van der Waals surface area (Å²) < 4.78 is 0. The summed E-state index contributed by atoms with van der Waals surface area (Å²) in [7, 11) is 3.98. The van der Waals surface area contributed by atoms with E-state index in [1.165, 1.54) is 11.8 Å². The first-order valence-corrected chi connectivity index (χ1v) is 9.86. The minimum atomic E-state index is -0.294. The first-order chi connectivity index (χ1) is 12.9. The van der Waals surface area contributed by atoms with Crippen molar-refractivity contribution in [3.63, 3.8) is 0 Å². The molecule has 8 heteroatoms. The molecule has 1 atom stereocenters. The van der Waals surface area contributed by atoms with Crippen LogP contribution in [0.2, 0.25) is 10.0 Å². The highest BCUT2D eigenvalue weighted by Crippen LogP contribution is 2.28. The first-order valence-electron chi connectivity index (χ1n) is 8.22. The lowest BCUT2D eigenvalue weighted by Gasteiger charge is -2.11. The molecule has 5 nitrogen and oxygen atoms in total. The quantitative estimate of drug-likeness (QED) is 0.581. The van der Waals surface area contributed by atoms with Crippen molar-refractivity contribution < 1.29 is 4.79 Å². The van der Waals surface area contributed by atoms with E-state index in [0.717, 1.165) is 16.8 Å². The molecule has 1 saturated heterocycles. The fourth-order valence-electron chi connectivity index (χ4n) is 2.48. The van der Waals surface area contributed by atoms with E-state index in [0.29, 0.717) is 21.6 Å². The fourth-order valence-corrected chi connectivity index (χ4v) is 3.92. The molecule has 0 aliphatic carbocycles. The fraction of sp³-hybridized carbons (Fsp3) is 0.211. The smallest absolute Gasteiger partial charge is 0.239 e. The van der Waals surface area contributed by atoms with Gasteiger partial charge in [0.15, 0.2) is 5.17 Å². The zero-order valence-electron chi connectivity index (χ0n) is 14.8. The Morgan fingerprint density at radius 2 is 1.93 bits per heavy atom. The zero-order valence-corrected chi connectivity index (χ0v) is 17.1. The van der Waals surface area contributed by atoms with Crippen LogP contribution < -0.4 is 10.2 Å². The van der Waals surface area contributed by atoms with Crippen LogP contribution in [0.3, 0.4) is 0 Å². The molecule has 1 heterocycles. The first kappa shape index (κ1) is 19.7. The van der Waals surface area contributed by atoms with E-state index in [1.54, 1.807) is 18.3 Å². The molecule has 1 unspecified atom stereocenters. The van der Waals surface area contributed by atoms with Crippen molar-refractivity contribution in [2.45, 2.75) is 11.7 Å². The molecular formula is C19H18Cl2N4OS. The number of carbonyl (C=O) groups is 1. The van der Waals surface area contributed by atoms with E-state index in [2.05, 4.69) is 15.5 Å². The highest BCUT2D eigenvalue weighted by atomic mass is 35.5. The Hall–Kier alpha value is -2.02. The third kappa shape index (κ3) is 5.25. The summed E-state index contributed by atoms with van der Waals surface area (Å²) in [5.74, 6) is -0.102. The Kier molecular flexibility index (Phi) is 6.42. The van der Waals surface area contributed by atoms with Crippen LogP contribution in [-0.2, 0) is 11.2 Å². The molecule has 0 spiro atoms. The molecule has 1 amide bonds. The molecule has 0 radical (unpaired) electrons. The normalized spacial score (nSPS) is 18.3. The van der Waals surface area contributed by atoms with Crippen LogP contribution in [0.15, 0.2) is 52.7 Å². The van der Waals surface area contributed by atoms with Gasteiger partial charge in [0.2, 0.25) is 5.91 Å². The zero-order chi connectivity index (χ0) is 19.4. The van der Waals surface area contributed by atoms with E-state index < -0.39 is 0 Å². The lowest BCUT2D eigenvalue weighted by Crippen LogP contribution is -2.26. The molecule has 1 aliphatic heterocycles. The van der Waals surface area contributed by atoms with Gasteiger partial charge in [-0.2, -0.15) is 5.10 Å². The van der Waals surface area contributed by atoms with E-state index in [-0.39, 0.29) is 11.2 Å². The van der Waals surface area contributed by atoms with Crippen LogP contribution in [0.4, 0.5) is 5.69 Å². The summed E-state index contributed by atoms with van der Waals surface area (Å²) >= 11 is 13.4. The molecule has 140 valence electrons. The SMILES string of the molecule is CN(C)c1ccc(C=N/N=C2\NC(=O)C(Cc3ccc(Cl)cc3Cl)S2)cc1. The Balaban J connectivity index is 1.62. The number of nitrogens with zero attached hydrogens (tertiary/aromatic N) is 3. The third-order valence-electron chi connectivity index (χ3n) is 3.96. The number of anilines is 1. The Bertz CT molecular complexity index is 897. The topological polar surface area (TPSA) is 57.1 Å². The maximum atomic E-state index is 12.2. The van der Waals surface area contributed by atoms with Crippen LogP contribution in [0.1, 0.15) is 11.1 Å². The van der Waals surface area contributed by atoms with Crippen LogP contribution in [0.5, 0.6) is 0 Å². The predicted octanol–water partition coefficient (Wildman–Crippen LogP) is 4.22. The van der Waals surface area contributed by atoms with Gasteiger partial charge in [-0.25, -0.2) is 0 Å². The summed E-state index contributed by atoms with van der Waals surface area (Å²) in [5.41, 5.74) is 2.92. The van der Waals surface area contributed by atoms with Crippen LogP contribution in [0, 0.1) is 0 Å². The van der Waals surface area contributed by atoms with Gasteiger partial charge in [-0.3, -0.25) is 4.79 Å². The largest absolute Gasteiger partial charge is 0.378 e. The number of carbonyl (C=O) groups excluding carboxylic acids is 1. The second kappa shape index (κ2) is 8.78. The van der Waals surface area contributed by atoms with Gasteiger partial charge < -0.3 is 10.2 Å². The van der Waals surface area contributed by atoms with Crippen molar-refractivity contribution in [3.05, 3.63) is 63.6 Å². The van der Waals surface area contributed by atoms with E-state index in [4.69, 9.17) is 23.2 Å². The summed E-state index contributed by atoms with van der Waals surface area (Å²) in [6, 6.07) is 13.2. The number of hydrogen-bond acceptors (Lipinski definition) is 5. The van der Waals surface area contributed by atoms with Crippen molar-refractivity contribution in [1.82, 2.24) is 5.32 Å². The summed E-state index contributed by atoms with van der Waals surface area (Å²) in [6.07, 6.45) is 2.16. The highest BCUT2D eigenvalue weighted by Gasteiger charge is 2.30. The molecule has 1 fully saturated rings. The van der Waals surface area contributed by atoms with E-state index >= 15 is 0 Å². The van der Waals surface area contributed by atoms with Crippen molar-refractivity contribution in [2.75, 3.05) is 19.0 Å². The standard InChI is InChI=1S/C19H18Cl2N4OS/c1-25(2)15-7-3-12(4-8-15)11-22-24-19-23-18(26)17(27-19)9-13-5-6-14(20)10-16(13)21/h3-8,10-11,17H,9H2,1-2H3,(H,23,24,26). The molecular weight excluding hydrogens is 403 g/mol. The van der Waals surface area contributed by atoms with Gasteiger partial charge in [-0.15, -0.1) is 5.10 Å². The number of amidine groups is 1. The lowest BCUT2D eigenvalue weighted by molar-refractivity contribution is -0.118. The van der Waals surface area contributed by atoms with Gasteiger partial charge in [-0.1, -0.05) is 53.2 Å². The molecule has 27 heavy (non-hydrogen) atoms. The van der Waals surface area contributed by atoms with Gasteiger partial charge in [0.25, 0.3) is 0 Å². The van der Waals surface area contributed by atoms with Crippen LogP contribution in [0.25, 0.3) is 0 Å². The number of amides is 1. The third-order valence-corrected chi connectivity index (χ3v) is 5.62. The number of benzene rings is 2. The molecule has 0 saturated carbocycles. The van der Waals surface area contributed by atoms with Gasteiger partial charge in [0, 0.05) is 29.8 Å². The van der Waals surface area contributed by atoms with Crippen LogP contribution >= 0.6 is 35.0 Å². The second-order valence-electron chi connectivity index (χ2n) is 6.17. The average molecular weight is 421 g/mol. The van der Waals surface area contributed by atoms with Crippen molar-refractivity contribution in [1.29, 1.82) is 0 Å². The Labute approximate surface area is 172 Å². The lowest BCUT2D eigenvalue weighted by atomic mass is 10.1. The van der Waals surface area contributed by atoms with Gasteiger partial charge in [0.1, 0.15) is 0 Å². The molecule has 2 aromatic rings. The number of rotatable bonds is 5. The molecule has 3 rings (SSSR count). The molecule has 1 N–H and O–H groups in total. The highest BCUT2D eigenvalue weighted by molar-refractivity contribution is 8.15. The van der Waals surface area contributed by atoms with E-state index in [1.807, 2.05) is 49.3 Å². The number of halogens is 2.